The molecule has 0 aromatic heterocycles. The quantitative estimate of drug-likeness (QED) is 0.412. The Bertz CT molecular complexity index is 28.7. The van der Waals surface area contributed by atoms with Gasteiger partial charge >= 0.3 is 0 Å². The molecule has 36 valence electrons. The second-order valence-electron chi connectivity index (χ2n) is 1.80. The topological polar surface area (TPSA) is 3.24 Å². The summed E-state index contributed by atoms with van der Waals surface area (Å²) in [6.45, 7) is 1.21. The van der Waals surface area contributed by atoms with Crippen LogP contribution < -0.4 is 0 Å². The van der Waals surface area contributed by atoms with Crippen molar-refractivity contribution < 1.29 is 0 Å². The van der Waals surface area contributed by atoms with Crippen molar-refractivity contribution in [3.63, 3.8) is 0 Å². The first-order chi connectivity index (χ1) is 2.77. The summed E-state index contributed by atoms with van der Waals surface area (Å²) in [6, 6.07) is 0. The van der Waals surface area contributed by atoms with Crippen molar-refractivity contribution >= 4 is 7.85 Å². The lowest BCUT2D eigenvalue weighted by molar-refractivity contribution is 0.434. The smallest absolute Gasteiger partial charge is 0.103 e. The van der Waals surface area contributed by atoms with Crippen LogP contribution in [0.2, 0.25) is 6.32 Å². The first-order valence-corrected chi connectivity index (χ1v) is 2.42. The van der Waals surface area contributed by atoms with Crippen LogP contribution >= 0.6 is 0 Å². The van der Waals surface area contributed by atoms with Crippen molar-refractivity contribution in [2.45, 2.75) is 6.32 Å². The van der Waals surface area contributed by atoms with E-state index >= 15 is 0 Å². The molecule has 0 aliphatic rings. The first-order valence-electron chi connectivity index (χ1n) is 2.42. The predicted molar refractivity (Wildman–Crippen MR) is 31.9 cm³/mol. The zero-order chi connectivity index (χ0) is 4.99. The Morgan fingerprint density at radius 2 is 2.00 bits per heavy atom. The zero-order valence-corrected chi connectivity index (χ0v) is 4.86. The van der Waals surface area contributed by atoms with Crippen LogP contribution in [-0.4, -0.2) is 33.4 Å². The van der Waals surface area contributed by atoms with Gasteiger partial charge in [-0.05, 0) is 20.6 Å². The van der Waals surface area contributed by atoms with Crippen LogP contribution in [0.25, 0.3) is 0 Å². The normalized spacial score (nSPS) is 9.83. The van der Waals surface area contributed by atoms with E-state index in [1.54, 1.807) is 0 Å². The maximum absolute atomic E-state index is 2.18. The Hall–Kier alpha value is 0.0249. The van der Waals surface area contributed by atoms with Gasteiger partial charge in [-0.15, -0.1) is 0 Å². The molecule has 0 aliphatic heterocycles. The molecule has 0 fully saturated rings. The number of hydrogen-bond acceptors (Lipinski definition) is 1. The molecule has 0 saturated carbocycles. The fourth-order valence-corrected chi connectivity index (χ4v) is 0.447. The third-order valence-corrected chi connectivity index (χ3v) is 0.671. The maximum atomic E-state index is 2.18. The summed E-state index contributed by atoms with van der Waals surface area (Å²) in [5.41, 5.74) is 0. The largest absolute Gasteiger partial charge is 0.310 e. The Balaban J connectivity index is 2.63. The zero-order valence-electron chi connectivity index (χ0n) is 4.86. The molecule has 2 heteroatoms. The van der Waals surface area contributed by atoms with Crippen molar-refractivity contribution in [2.24, 2.45) is 0 Å². The van der Waals surface area contributed by atoms with E-state index in [0.29, 0.717) is 0 Å². The lowest BCUT2D eigenvalue weighted by Crippen LogP contribution is -2.11. The van der Waals surface area contributed by atoms with E-state index < -0.39 is 0 Å². The molecule has 0 rings (SSSR count). The molecule has 0 radical (unpaired) electrons. The highest BCUT2D eigenvalue weighted by Gasteiger charge is 1.79. The van der Waals surface area contributed by atoms with E-state index in [1.807, 2.05) is 0 Å². The van der Waals surface area contributed by atoms with Gasteiger partial charge in [0.15, 0.2) is 0 Å². The second-order valence-corrected chi connectivity index (χ2v) is 1.80. The van der Waals surface area contributed by atoms with E-state index in [1.165, 1.54) is 12.9 Å². The second kappa shape index (κ2) is 3.22. The van der Waals surface area contributed by atoms with Gasteiger partial charge in [0.25, 0.3) is 0 Å². The van der Waals surface area contributed by atoms with Crippen LogP contribution in [0.4, 0.5) is 0 Å². The Kier molecular flexibility index (Phi) is 3.24. The molecule has 0 atom stereocenters. The van der Waals surface area contributed by atoms with Gasteiger partial charge in [-0.1, -0.05) is 6.32 Å². The van der Waals surface area contributed by atoms with Crippen LogP contribution in [0.15, 0.2) is 0 Å². The summed E-state index contributed by atoms with van der Waals surface area (Å²) in [6.07, 6.45) is 1.26. The number of nitrogens with zero attached hydrogens (tertiary/aromatic N) is 1. The highest BCUT2D eigenvalue weighted by molar-refractivity contribution is 6.08. The Labute approximate surface area is 40.7 Å². The minimum Gasteiger partial charge on any atom is -0.310 e. The molecular weight excluding hydrogens is 72.9 g/mol. The lowest BCUT2D eigenvalue weighted by Gasteiger charge is -2.03. The molecule has 0 bridgehead atoms. The molecule has 0 aliphatic carbocycles. The monoisotopic (exact) mass is 85.1 g/mol. The molecule has 0 N–H and O–H groups in total. The number of hydrogen-bond donors (Lipinski definition) is 0. The van der Waals surface area contributed by atoms with Gasteiger partial charge in [0.2, 0.25) is 0 Å². The van der Waals surface area contributed by atoms with Gasteiger partial charge in [0, 0.05) is 0 Å². The molecule has 0 amide bonds. The van der Waals surface area contributed by atoms with Gasteiger partial charge in [0.05, 0.1) is 0 Å². The summed E-state index contributed by atoms with van der Waals surface area (Å²) < 4.78 is 0. The standard InChI is InChI=1S/C4H12BN/c1-6(2)4-3-5/h3-5H2,1-2H3. The van der Waals surface area contributed by atoms with E-state index in [-0.39, 0.29) is 0 Å². The SMILES string of the molecule is BCCN(C)C. The molecule has 0 heterocycles. The third kappa shape index (κ3) is 4.02. The van der Waals surface area contributed by atoms with Crippen LogP contribution in [0.5, 0.6) is 0 Å². The first kappa shape index (κ1) is 6.02. The molecule has 0 saturated heterocycles. The van der Waals surface area contributed by atoms with Gasteiger partial charge in [-0.3, -0.25) is 0 Å². The molecule has 0 aromatic carbocycles. The van der Waals surface area contributed by atoms with Crippen LogP contribution in [0.3, 0.4) is 0 Å². The van der Waals surface area contributed by atoms with E-state index in [9.17, 15) is 0 Å². The summed E-state index contributed by atoms with van der Waals surface area (Å²) in [5, 5.41) is 0. The van der Waals surface area contributed by atoms with Crippen molar-refractivity contribution in [3.05, 3.63) is 0 Å². The van der Waals surface area contributed by atoms with Gasteiger partial charge in [-0.25, -0.2) is 0 Å². The molecule has 6 heavy (non-hydrogen) atoms. The van der Waals surface area contributed by atoms with Gasteiger partial charge in [0.1, 0.15) is 7.85 Å². The number of rotatable bonds is 2. The van der Waals surface area contributed by atoms with Crippen LogP contribution in [-0.2, 0) is 0 Å². The van der Waals surface area contributed by atoms with Gasteiger partial charge in [-0.2, -0.15) is 0 Å². The molecule has 1 nitrogen and oxygen atoms in total. The molecular formula is C4H12BN. The maximum Gasteiger partial charge on any atom is 0.103 e. The highest BCUT2D eigenvalue weighted by Crippen LogP contribution is 1.74. The highest BCUT2D eigenvalue weighted by atomic mass is 15.0. The summed E-state index contributed by atoms with van der Waals surface area (Å²) in [4.78, 5) is 2.18. The Morgan fingerprint density at radius 1 is 1.50 bits per heavy atom. The minimum atomic E-state index is 1.21. The fraction of sp³-hybridized carbons (Fsp3) is 1.00. The van der Waals surface area contributed by atoms with Crippen LogP contribution in [0.1, 0.15) is 0 Å². The Morgan fingerprint density at radius 3 is 2.00 bits per heavy atom. The fourth-order valence-electron chi connectivity index (χ4n) is 0.447. The van der Waals surface area contributed by atoms with E-state index in [4.69, 9.17) is 0 Å². The van der Waals surface area contributed by atoms with Crippen molar-refractivity contribution in [1.29, 1.82) is 0 Å². The van der Waals surface area contributed by atoms with E-state index in [0.717, 1.165) is 0 Å². The molecule has 0 unspecified atom stereocenters. The summed E-state index contributed by atoms with van der Waals surface area (Å²) >= 11 is 0. The van der Waals surface area contributed by atoms with Crippen molar-refractivity contribution in [1.82, 2.24) is 4.90 Å². The van der Waals surface area contributed by atoms with Crippen LogP contribution in [0, 0.1) is 0 Å². The van der Waals surface area contributed by atoms with Crippen molar-refractivity contribution in [2.75, 3.05) is 20.6 Å². The lowest BCUT2D eigenvalue weighted by atomic mass is 10.1. The van der Waals surface area contributed by atoms with Crippen molar-refractivity contribution in [3.8, 4) is 0 Å². The van der Waals surface area contributed by atoms with E-state index in [2.05, 4.69) is 26.8 Å². The summed E-state index contributed by atoms with van der Waals surface area (Å²) in [5.74, 6) is 0. The average molecular weight is 85.0 g/mol. The molecule has 0 aromatic rings. The minimum absolute atomic E-state index is 1.21. The van der Waals surface area contributed by atoms with Gasteiger partial charge < -0.3 is 4.90 Å². The predicted octanol–water partition coefficient (Wildman–Crippen LogP) is -0.401. The third-order valence-electron chi connectivity index (χ3n) is 0.671. The molecule has 0 spiro atoms. The summed E-state index contributed by atoms with van der Waals surface area (Å²) in [7, 11) is 6.35. The average Bonchev–Trinajstić information content (AvgIpc) is 1.35.